The summed E-state index contributed by atoms with van der Waals surface area (Å²) >= 11 is 0. The van der Waals surface area contributed by atoms with Crippen molar-refractivity contribution < 1.29 is 26.0 Å². The largest absolute Gasteiger partial charge is 0.352 e. The number of rotatable bonds is 6. The Balaban J connectivity index is 1.41. The summed E-state index contributed by atoms with van der Waals surface area (Å²) in [6.45, 7) is 0.620. The minimum Gasteiger partial charge on any atom is -0.352 e. The lowest BCUT2D eigenvalue weighted by molar-refractivity contribution is 0.0943. The standard InChI is InChI=1S/C29H35FN2O5S2/c30-23-9-11-24(12-10-23)39(36,37)32-26-13-8-22(28(33)31-19-20-4-2-1-3-5-20)18-25(26)29(27(32)21-6-7-21)14-16-38(34,35)17-15-29/h8-13,18,20-21,27H,1-7,14-17,19H2,(H,31,33). The summed E-state index contributed by atoms with van der Waals surface area (Å²) in [4.78, 5) is 13.2. The number of hydrogen-bond donors (Lipinski definition) is 1. The molecular weight excluding hydrogens is 539 g/mol. The van der Waals surface area contributed by atoms with Crippen LogP contribution in [0.3, 0.4) is 0 Å². The minimum atomic E-state index is -4.07. The molecule has 0 radical (unpaired) electrons. The maximum atomic E-state index is 14.1. The van der Waals surface area contributed by atoms with E-state index in [1.54, 1.807) is 18.2 Å². The van der Waals surface area contributed by atoms with Crippen LogP contribution in [-0.2, 0) is 25.3 Å². The molecule has 2 saturated carbocycles. The minimum absolute atomic E-state index is 0.00437. The van der Waals surface area contributed by atoms with Gasteiger partial charge in [-0.2, -0.15) is 0 Å². The second-order valence-electron chi connectivity index (χ2n) is 11.8. The van der Waals surface area contributed by atoms with Gasteiger partial charge in [-0.15, -0.1) is 0 Å². The molecule has 0 bridgehead atoms. The molecule has 10 heteroatoms. The van der Waals surface area contributed by atoms with Crippen LogP contribution in [0.2, 0.25) is 0 Å². The normalized spacial score (nSPS) is 24.4. The van der Waals surface area contributed by atoms with Crippen LogP contribution in [-0.4, -0.2) is 46.8 Å². The van der Waals surface area contributed by atoms with Gasteiger partial charge >= 0.3 is 0 Å². The summed E-state index contributed by atoms with van der Waals surface area (Å²) in [5.41, 5.74) is 1.01. The van der Waals surface area contributed by atoms with Gasteiger partial charge in [0.1, 0.15) is 15.7 Å². The Morgan fingerprint density at radius 3 is 2.28 bits per heavy atom. The number of benzene rings is 2. The number of carbonyl (C=O) groups excluding carboxylic acids is 1. The highest BCUT2D eigenvalue weighted by atomic mass is 32.2. The SMILES string of the molecule is O=C(NCC1CCCCC1)c1ccc2c(c1)C1(CCS(=O)(=O)CC1)C(C1CC1)N2S(=O)(=O)c1ccc(F)cc1. The number of carbonyl (C=O) groups is 1. The molecule has 210 valence electrons. The number of nitrogens with zero attached hydrogens (tertiary/aromatic N) is 1. The van der Waals surface area contributed by atoms with Crippen molar-refractivity contribution in [2.75, 3.05) is 22.4 Å². The van der Waals surface area contributed by atoms with Crippen LogP contribution >= 0.6 is 0 Å². The van der Waals surface area contributed by atoms with Gasteiger partial charge in [0.2, 0.25) is 0 Å². The molecule has 1 saturated heterocycles. The topological polar surface area (TPSA) is 101 Å². The van der Waals surface area contributed by atoms with E-state index in [0.717, 1.165) is 43.4 Å². The van der Waals surface area contributed by atoms with Crippen LogP contribution in [0.4, 0.5) is 10.1 Å². The van der Waals surface area contributed by atoms with E-state index < -0.39 is 37.1 Å². The maximum Gasteiger partial charge on any atom is 0.264 e. The molecule has 39 heavy (non-hydrogen) atoms. The number of nitrogens with one attached hydrogen (secondary N) is 1. The van der Waals surface area contributed by atoms with Crippen molar-refractivity contribution in [2.45, 2.75) is 74.1 Å². The number of anilines is 1. The molecule has 1 atom stereocenters. The number of halogens is 1. The number of amides is 1. The van der Waals surface area contributed by atoms with Gasteiger partial charge in [-0.3, -0.25) is 9.10 Å². The summed E-state index contributed by atoms with van der Waals surface area (Å²) in [7, 11) is -7.29. The molecule has 2 heterocycles. The lowest BCUT2D eigenvalue weighted by Gasteiger charge is -2.41. The van der Waals surface area contributed by atoms with E-state index in [1.807, 2.05) is 0 Å². The second kappa shape index (κ2) is 9.87. The van der Waals surface area contributed by atoms with Crippen molar-refractivity contribution in [3.8, 4) is 0 Å². The van der Waals surface area contributed by atoms with E-state index in [0.29, 0.717) is 36.6 Å². The van der Waals surface area contributed by atoms with Gasteiger partial charge in [-0.1, -0.05) is 19.3 Å². The molecular formula is C29H35FN2O5S2. The Morgan fingerprint density at radius 2 is 1.64 bits per heavy atom. The van der Waals surface area contributed by atoms with Crippen LogP contribution in [0, 0.1) is 17.7 Å². The Labute approximate surface area is 230 Å². The highest BCUT2D eigenvalue weighted by Crippen LogP contribution is 2.59. The molecule has 2 aliphatic heterocycles. The van der Waals surface area contributed by atoms with Crippen LogP contribution < -0.4 is 9.62 Å². The Kier molecular flexibility index (Phi) is 6.77. The van der Waals surface area contributed by atoms with Gasteiger partial charge in [0.15, 0.2) is 0 Å². The van der Waals surface area contributed by atoms with Gasteiger partial charge in [-0.05, 0) is 98.4 Å². The van der Waals surface area contributed by atoms with Crippen LogP contribution in [0.15, 0.2) is 47.4 Å². The van der Waals surface area contributed by atoms with Gasteiger partial charge in [0.05, 0.1) is 28.1 Å². The van der Waals surface area contributed by atoms with E-state index in [1.165, 1.54) is 35.7 Å². The molecule has 1 unspecified atom stereocenters. The molecule has 0 aromatic heterocycles. The summed E-state index contributed by atoms with van der Waals surface area (Å²) < 4.78 is 68.4. The first-order chi connectivity index (χ1) is 18.6. The number of hydrogen-bond acceptors (Lipinski definition) is 5. The lowest BCUT2D eigenvalue weighted by Crippen LogP contribution is -2.52. The Bertz CT molecular complexity index is 1470. The summed E-state index contributed by atoms with van der Waals surface area (Å²) in [6.07, 6.45) is 8.18. The van der Waals surface area contributed by atoms with Gasteiger partial charge in [0, 0.05) is 17.5 Å². The van der Waals surface area contributed by atoms with Crippen molar-refractivity contribution in [2.24, 2.45) is 11.8 Å². The molecule has 6 rings (SSSR count). The third kappa shape index (κ3) is 4.88. The fourth-order valence-corrected chi connectivity index (χ4v) is 10.4. The second-order valence-corrected chi connectivity index (χ2v) is 15.9. The Hall–Kier alpha value is -2.46. The van der Waals surface area contributed by atoms with Crippen molar-refractivity contribution in [3.63, 3.8) is 0 Å². The molecule has 4 aliphatic rings. The summed E-state index contributed by atoms with van der Waals surface area (Å²) in [6, 6.07) is 9.56. The molecule has 1 amide bonds. The van der Waals surface area contributed by atoms with Gasteiger partial charge < -0.3 is 5.32 Å². The fourth-order valence-electron chi connectivity index (χ4n) is 7.05. The number of sulfonamides is 1. The highest BCUT2D eigenvalue weighted by Gasteiger charge is 2.60. The summed E-state index contributed by atoms with van der Waals surface area (Å²) in [5.74, 6) is -0.173. The third-order valence-corrected chi connectivity index (χ3v) is 12.7. The highest BCUT2D eigenvalue weighted by molar-refractivity contribution is 7.93. The predicted molar refractivity (Wildman–Crippen MR) is 147 cm³/mol. The lowest BCUT2D eigenvalue weighted by atomic mass is 9.70. The molecule has 2 aromatic carbocycles. The van der Waals surface area contributed by atoms with E-state index in [2.05, 4.69) is 5.32 Å². The average molecular weight is 575 g/mol. The van der Waals surface area contributed by atoms with Crippen molar-refractivity contribution >= 4 is 31.5 Å². The van der Waals surface area contributed by atoms with Gasteiger partial charge in [0.25, 0.3) is 15.9 Å². The van der Waals surface area contributed by atoms with Crippen LogP contribution in [0.25, 0.3) is 0 Å². The molecule has 3 fully saturated rings. The van der Waals surface area contributed by atoms with E-state index in [9.17, 15) is 26.0 Å². The molecule has 1 N–H and O–H groups in total. The van der Waals surface area contributed by atoms with Crippen molar-refractivity contribution in [3.05, 3.63) is 59.4 Å². The molecule has 1 spiro atoms. The first-order valence-corrected chi connectivity index (χ1v) is 17.3. The zero-order chi connectivity index (χ0) is 27.4. The quantitative estimate of drug-likeness (QED) is 0.545. The number of sulfone groups is 1. The van der Waals surface area contributed by atoms with E-state index in [-0.39, 0.29) is 28.2 Å². The summed E-state index contributed by atoms with van der Waals surface area (Å²) in [5, 5.41) is 3.08. The van der Waals surface area contributed by atoms with Crippen LogP contribution in [0.1, 0.15) is 73.7 Å². The molecule has 2 aliphatic carbocycles. The van der Waals surface area contributed by atoms with Crippen molar-refractivity contribution in [1.29, 1.82) is 0 Å². The first kappa shape index (κ1) is 26.7. The zero-order valence-electron chi connectivity index (χ0n) is 21.9. The third-order valence-electron chi connectivity index (χ3n) is 9.28. The van der Waals surface area contributed by atoms with E-state index in [4.69, 9.17) is 0 Å². The van der Waals surface area contributed by atoms with Crippen molar-refractivity contribution in [1.82, 2.24) is 5.32 Å². The first-order valence-electron chi connectivity index (χ1n) is 14.0. The maximum absolute atomic E-state index is 14.1. The van der Waals surface area contributed by atoms with E-state index >= 15 is 0 Å². The molecule has 7 nitrogen and oxygen atoms in total. The van der Waals surface area contributed by atoms with Gasteiger partial charge in [-0.25, -0.2) is 21.2 Å². The smallest absolute Gasteiger partial charge is 0.264 e. The zero-order valence-corrected chi connectivity index (χ0v) is 23.6. The Morgan fingerprint density at radius 1 is 0.974 bits per heavy atom. The van der Waals surface area contributed by atoms with Crippen LogP contribution in [0.5, 0.6) is 0 Å². The number of fused-ring (bicyclic) bond motifs is 2. The predicted octanol–water partition coefficient (Wildman–Crippen LogP) is 4.57. The average Bonchev–Trinajstić information content (AvgIpc) is 3.72. The monoisotopic (exact) mass is 574 g/mol. The fraction of sp³-hybridized carbons (Fsp3) is 0.552. The molecule has 2 aromatic rings.